The molecule has 0 atom stereocenters. The quantitative estimate of drug-likeness (QED) is 0.649. The van der Waals surface area contributed by atoms with Crippen molar-refractivity contribution in [3.8, 4) is 0 Å². The highest BCUT2D eigenvalue weighted by molar-refractivity contribution is 5.80. The predicted molar refractivity (Wildman–Crippen MR) is 93.6 cm³/mol. The van der Waals surface area contributed by atoms with E-state index in [4.69, 9.17) is 0 Å². The summed E-state index contributed by atoms with van der Waals surface area (Å²) in [6.45, 7) is 7.39. The Balaban J connectivity index is 1.48. The molecule has 3 rings (SSSR count). The topological polar surface area (TPSA) is 57.5 Å². The number of nitrogens with zero attached hydrogens (tertiary/aromatic N) is 4. The molecule has 1 saturated heterocycles. The van der Waals surface area contributed by atoms with E-state index in [1.54, 1.807) is 0 Å². The van der Waals surface area contributed by atoms with Crippen LogP contribution in [0, 0.1) is 13.8 Å². The lowest BCUT2D eigenvalue weighted by Gasteiger charge is -2.33. The minimum absolute atomic E-state index is 0.535. The van der Waals surface area contributed by atoms with Crippen LogP contribution < -0.4 is 10.6 Å². The summed E-state index contributed by atoms with van der Waals surface area (Å²) in [7, 11) is 3.84. The van der Waals surface area contributed by atoms with Crippen molar-refractivity contribution in [3.63, 3.8) is 0 Å². The van der Waals surface area contributed by atoms with Crippen molar-refractivity contribution < 1.29 is 0 Å². The van der Waals surface area contributed by atoms with Crippen LogP contribution in [0.25, 0.3) is 0 Å². The smallest absolute Gasteiger partial charge is 0.191 e. The van der Waals surface area contributed by atoms with E-state index in [0.717, 1.165) is 24.2 Å². The van der Waals surface area contributed by atoms with E-state index in [1.165, 1.54) is 50.0 Å². The Morgan fingerprint density at radius 1 is 1.22 bits per heavy atom. The van der Waals surface area contributed by atoms with Crippen LogP contribution in [-0.2, 0) is 13.6 Å². The van der Waals surface area contributed by atoms with Gasteiger partial charge >= 0.3 is 0 Å². The van der Waals surface area contributed by atoms with Gasteiger partial charge in [0.2, 0.25) is 0 Å². The molecule has 6 heteroatoms. The first kappa shape index (κ1) is 16.3. The molecule has 128 valence electrons. The molecule has 2 aliphatic rings. The number of aryl methyl sites for hydroxylation is 2. The van der Waals surface area contributed by atoms with Crippen molar-refractivity contribution in [2.24, 2.45) is 12.0 Å². The Morgan fingerprint density at radius 2 is 1.91 bits per heavy atom. The summed E-state index contributed by atoms with van der Waals surface area (Å²) in [5.41, 5.74) is 3.56. The van der Waals surface area contributed by atoms with E-state index in [2.05, 4.69) is 39.5 Å². The summed E-state index contributed by atoms with van der Waals surface area (Å²) in [4.78, 5) is 7.03. The Labute approximate surface area is 139 Å². The SMILES string of the molecule is CN=C(NCc1c(C)nn(C)c1C)NC1CCN(C2CC2)CC1. The zero-order chi connectivity index (χ0) is 16.4. The van der Waals surface area contributed by atoms with Crippen molar-refractivity contribution in [1.29, 1.82) is 0 Å². The standard InChI is InChI=1S/C17H30N6/c1-12-16(13(2)22(4)21-12)11-19-17(18-3)20-14-7-9-23(10-8-14)15-5-6-15/h14-15H,5-11H2,1-4H3,(H2,18,19,20). The summed E-state index contributed by atoms with van der Waals surface area (Å²) in [6.07, 6.45) is 5.24. The van der Waals surface area contributed by atoms with Crippen LogP contribution in [0.4, 0.5) is 0 Å². The summed E-state index contributed by atoms with van der Waals surface area (Å²) < 4.78 is 1.94. The van der Waals surface area contributed by atoms with Crippen molar-refractivity contribution in [1.82, 2.24) is 25.3 Å². The van der Waals surface area contributed by atoms with Gasteiger partial charge < -0.3 is 15.5 Å². The molecular weight excluding hydrogens is 288 g/mol. The average molecular weight is 318 g/mol. The third-order valence-corrected chi connectivity index (χ3v) is 5.25. The van der Waals surface area contributed by atoms with Crippen molar-refractivity contribution >= 4 is 5.96 Å². The third kappa shape index (κ3) is 3.86. The second kappa shape index (κ2) is 6.91. The Bertz CT molecular complexity index is 564. The number of likely N-dealkylation sites (tertiary alicyclic amines) is 1. The molecule has 0 amide bonds. The van der Waals surface area contributed by atoms with Gasteiger partial charge in [-0.2, -0.15) is 5.10 Å². The van der Waals surface area contributed by atoms with Gasteiger partial charge in [-0.05, 0) is 39.5 Å². The number of hydrogen-bond donors (Lipinski definition) is 2. The molecule has 6 nitrogen and oxygen atoms in total. The van der Waals surface area contributed by atoms with Crippen LogP contribution in [0.1, 0.15) is 42.6 Å². The van der Waals surface area contributed by atoms with Gasteiger partial charge in [-0.1, -0.05) is 0 Å². The molecule has 2 heterocycles. The highest BCUT2D eigenvalue weighted by atomic mass is 15.3. The molecule has 23 heavy (non-hydrogen) atoms. The van der Waals surface area contributed by atoms with Crippen LogP contribution in [0.2, 0.25) is 0 Å². The van der Waals surface area contributed by atoms with Crippen LogP contribution in [0.3, 0.4) is 0 Å². The van der Waals surface area contributed by atoms with E-state index in [0.29, 0.717) is 6.04 Å². The number of rotatable bonds is 4. The predicted octanol–water partition coefficient (Wildman–Crippen LogP) is 1.33. The lowest BCUT2D eigenvalue weighted by atomic mass is 10.1. The molecule has 0 spiro atoms. The maximum atomic E-state index is 4.47. The van der Waals surface area contributed by atoms with Crippen LogP contribution in [-0.4, -0.2) is 52.9 Å². The molecule has 1 aromatic heterocycles. The van der Waals surface area contributed by atoms with E-state index < -0.39 is 0 Å². The van der Waals surface area contributed by atoms with E-state index in [-0.39, 0.29) is 0 Å². The maximum Gasteiger partial charge on any atom is 0.191 e. The average Bonchev–Trinajstić information content (AvgIpc) is 3.35. The van der Waals surface area contributed by atoms with Gasteiger partial charge in [0, 0.05) is 57.1 Å². The number of hydrogen-bond acceptors (Lipinski definition) is 3. The second-order valence-electron chi connectivity index (χ2n) is 6.88. The van der Waals surface area contributed by atoms with Gasteiger partial charge in [0.25, 0.3) is 0 Å². The van der Waals surface area contributed by atoms with Gasteiger partial charge in [-0.3, -0.25) is 9.67 Å². The fourth-order valence-electron chi connectivity index (χ4n) is 3.48. The summed E-state index contributed by atoms with van der Waals surface area (Å²) >= 11 is 0. The maximum absolute atomic E-state index is 4.47. The first-order chi connectivity index (χ1) is 11.1. The van der Waals surface area contributed by atoms with E-state index in [1.807, 2.05) is 18.8 Å². The molecule has 2 fully saturated rings. The fourth-order valence-corrected chi connectivity index (χ4v) is 3.48. The molecule has 0 aromatic carbocycles. The first-order valence-electron chi connectivity index (χ1n) is 8.78. The minimum Gasteiger partial charge on any atom is -0.354 e. The normalized spacial score (nSPS) is 20.8. The lowest BCUT2D eigenvalue weighted by Crippen LogP contribution is -2.48. The van der Waals surface area contributed by atoms with E-state index >= 15 is 0 Å². The molecule has 0 bridgehead atoms. The lowest BCUT2D eigenvalue weighted by molar-refractivity contribution is 0.197. The van der Waals surface area contributed by atoms with E-state index in [9.17, 15) is 0 Å². The molecule has 1 aliphatic carbocycles. The zero-order valence-electron chi connectivity index (χ0n) is 14.9. The highest BCUT2D eigenvalue weighted by Gasteiger charge is 2.31. The molecular formula is C17H30N6. The van der Waals surface area contributed by atoms with Crippen molar-refractivity contribution in [2.75, 3.05) is 20.1 Å². The second-order valence-corrected chi connectivity index (χ2v) is 6.88. The Kier molecular flexibility index (Phi) is 4.90. The Hall–Kier alpha value is -1.56. The largest absolute Gasteiger partial charge is 0.354 e. The first-order valence-corrected chi connectivity index (χ1v) is 8.78. The highest BCUT2D eigenvalue weighted by Crippen LogP contribution is 2.29. The monoisotopic (exact) mass is 318 g/mol. The number of guanidine groups is 1. The number of aliphatic imine (C=N–C) groups is 1. The summed E-state index contributed by atoms with van der Waals surface area (Å²) in [5.74, 6) is 0.900. The molecule has 1 aliphatic heterocycles. The van der Waals surface area contributed by atoms with Crippen molar-refractivity contribution in [3.05, 3.63) is 17.0 Å². The van der Waals surface area contributed by atoms with Gasteiger partial charge in [0.05, 0.1) is 5.69 Å². The fraction of sp³-hybridized carbons (Fsp3) is 0.765. The van der Waals surface area contributed by atoms with Gasteiger partial charge in [-0.25, -0.2) is 0 Å². The van der Waals surface area contributed by atoms with Crippen molar-refractivity contribution in [2.45, 2.75) is 58.2 Å². The molecule has 1 aromatic rings. The van der Waals surface area contributed by atoms with Crippen LogP contribution in [0.5, 0.6) is 0 Å². The summed E-state index contributed by atoms with van der Waals surface area (Å²) in [6, 6.07) is 1.43. The van der Waals surface area contributed by atoms with Gasteiger partial charge in [-0.15, -0.1) is 0 Å². The molecule has 0 unspecified atom stereocenters. The van der Waals surface area contributed by atoms with Gasteiger partial charge in [0.15, 0.2) is 5.96 Å². The number of aromatic nitrogens is 2. The zero-order valence-corrected chi connectivity index (χ0v) is 14.9. The molecule has 1 saturated carbocycles. The number of nitrogens with one attached hydrogen (secondary N) is 2. The number of piperidine rings is 1. The van der Waals surface area contributed by atoms with Gasteiger partial charge in [0.1, 0.15) is 0 Å². The molecule has 0 radical (unpaired) electrons. The Morgan fingerprint density at radius 3 is 2.43 bits per heavy atom. The third-order valence-electron chi connectivity index (χ3n) is 5.25. The van der Waals surface area contributed by atoms with Crippen LogP contribution >= 0.6 is 0 Å². The molecule has 2 N–H and O–H groups in total. The van der Waals surface area contributed by atoms with Crippen LogP contribution in [0.15, 0.2) is 4.99 Å². The minimum atomic E-state index is 0.535. The summed E-state index contributed by atoms with van der Waals surface area (Å²) in [5, 5.41) is 11.5.